The Balaban J connectivity index is 1.58. The van der Waals surface area contributed by atoms with Crippen LogP contribution in [0.5, 0.6) is 0 Å². The highest BCUT2D eigenvalue weighted by Gasteiger charge is 2.46. The van der Waals surface area contributed by atoms with Crippen LogP contribution in [-0.2, 0) is 20.9 Å². The highest BCUT2D eigenvalue weighted by Crippen LogP contribution is 2.41. The van der Waals surface area contributed by atoms with Crippen LogP contribution < -0.4 is 5.32 Å². The maximum atomic E-state index is 13.1. The average Bonchev–Trinajstić information content (AvgIpc) is 3.26. The van der Waals surface area contributed by atoms with Gasteiger partial charge in [-0.05, 0) is 50.5 Å². The van der Waals surface area contributed by atoms with Crippen molar-refractivity contribution in [2.45, 2.75) is 69.6 Å². The molecule has 1 amide bonds. The topological polar surface area (TPSA) is 78.9 Å². The molecule has 1 saturated carbocycles. The molecule has 6 nitrogen and oxygen atoms in total. The molecule has 27 heavy (non-hydrogen) atoms. The molecule has 2 fully saturated rings. The van der Waals surface area contributed by atoms with Gasteiger partial charge in [0.25, 0.3) is 0 Å². The molecule has 0 bridgehead atoms. The normalized spacial score (nSPS) is 26.6. The molecule has 1 saturated heterocycles. The van der Waals surface area contributed by atoms with Crippen molar-refractivity contribution in [1.29, 1.82) is 0 Å². The van der Waals surface area contributed by atoms with E-state index in [1.165, 1.54) is 5.56 Å². The van der Waals surface area contributed by atoms with Crippen molar-refractivity contribution < 1.29 is 19.7 Å². The van der Waals surface area contributed by atoms with Crippen molar-refractivity contribution in [3.8, 4) is 0 Å². The molecule has 1 aliphatic carbocycles. The standard InChI is InChI=1S/C21H30N2O4/c1-15(22-18(13-24)11-10-16-6-3-2-4-7-16)21(25)23-19(14-27-26)12-17-8-5-9-20(17)23/h2-4,6-7,13,15,17-20,22,26H,5,8-12,14H2,1H3/t15-,17?,18+,19?,20?/m1/s1. The number of nitrogens with zero attached hydrogens (tertiary/aromatic N) is 1. The second-order valence-electron chi connectivity index (χ2n) is 7.84. The SMILES string of the molecule is C[C@@H](N[C@H](C=O)CCc1ccccc1)C(=O)N1C(COO)CC2CCCC21. The Morgan fingerprint density at radius 2 is 2.15 bits per heavy atom. The number of aryl methyl sites for hydroxylation is 1. The second-order valence-corrected chi connectivity index (χ2v) is 7.84. The van der Waals surface area contributed by atoms with E-state index in [1.54, 1.807) is 0 Å². The van der Waals surface area contributed by atoms with Gasteiger partial charge in [-0.3, -0.25) is 15.4 Å². The van der Waals surface area contributed by atoms with E-state index in [9.17, 15) is 9.59 Å². The Labute approximate surface area is 160 Å². The molecular formula is C21H30N2O4. The van der Waals surface area contributed by atoms with Gasteiger partial charge < -0.3 is 9.69 Å². The van der Waals surface area contributed by atoms with Crippen molar-refractivity contribution in [1.82, 2.24) is 10.2 Å². The highest BCUT2D eigenvalue weighted by atomic mass is 17.1. The summed E-state index contributed by atoms with van der Waals surface area (Å²) in [6.45, 7) is 1.97. The number of fused-ring (bicyclic) bond motifs is 1. The van der Waals surface area contributed by atoms with Crippen molar-refractivity contribution >= 4 is 12.2 Å². The van der Waals surface area contributed by atoms with E-state index in [-0.39, 0.29) is 30.6 Å². The van der Waals surface area contributed by atoms with E-state index in [4.69, 9.17) is 5.26 Å². The summed E-state index contributed by atoms with van der Waals surface area (Å²) < 4.78 is 0. The summed E-state index contributed by atoms with van der Waals surface area (Å²) in [6.07, 6.45) is 6.50. The van der Waals surface area contributed by atoms with E-state index in [2.05, 4.69) is 10.2 Å². The minimum absolute atomic E-state index is 0.00184. The Bertz CT molecular complexity index is 624. The van der Waals surface area contributed by atoms with Crippen LogP contribution in [0.4, 0.5) is 0 Å². The number of carbonyl (C=O) groups excluding carboxylic acids is 2. The number of hydrogen-bond acceptors (Lipinski definition) is 5. The number of amides is 1. The molecule has 1 heterocycles. The zero-order valence-corrected chi connectivity index (χ0v) is 15.9. The van der Waals surface area contributed by atoms with Crippen molar-refractivity contribution in [3.63, 3.8) is 0 Å². The minimum Gasteiger partial charge on any atom is -0.333 e. The fraction of sp³-hybridized carbons (Fsp3) is 0.619. The van der Waals surface area contributed by atoms with Crippen LogP contribution in [0, 0.1) is 5.92 Å². The molecule has 0 aromatic heterocycles. The van der Waals surface area contributed by atoms with Crippen molar-refractivity contribution in [2.24, 2.45) is 5.92 Å². The number of aldehydes is 1. The van der Waals surface area contributed by atoms with Gasteiger partial charge in [0, 0.05) is 6.04 Å². The van der Waals surface area contributed by atoms with Crippen LogP contribution >= 0.6 is 0 Å². The predicted molar refractivity (Wildman–Crippen MR) is 102 cm³/mol. The van der Waals surface area contributed by atoms with E-state index in [1.807, 2.05) is 42.2 Å². The maximum absolute atomic E-state index is 13.1. The Hall–Kier alpha value is -1.76. The van der Waals surface area contributed by atoms with Gasteiger partial charge in [0.1, 0.15) is 12.9 Å². The lowest BCUT2D eigenvalue weighted by atomic mass is 10.0. The van der Waals surface area contributed by atoms with Gasteiger partial charge in [0.05, 0.1) is 18.1 Å². The molecular weight excluding hydrogens is 344 g/mol. The van der Waals surface area contributed by atoms with Gasteiger partial charge in [-0.25, -0.2) is 4.89 Å². The molecule has 3 unspecified atom stereocenters. The zero-order valence-electron chi connectivity index (χ0n) is 15.9. The third kappa shape index (κ3) is 4.75. The van der Waals surface area contributed by atoms with Crippen LogP contribution in [0.3, 0.4) is 0 Å². The van der Waals surface area contributed by atoms with E-state index in [0.29, 0.717) is 12.3 Å². The molecule has 0 spiro atoms. The number of nitrogens with one attached hydrogen (secondary N) is 1. The lowest BCUT2D eigenvalue weighted by Gasteiger charge is -2.32. The van der Waals surface area contributed by atoms with Gasteiger partial charge in [0.2, 0.25) is 5.91 Å². The van der Waals surface area contributed by atoms with Gasteiger partial charge in [0.15, 0.2) is 0 Å². The quantitative estimate of drug-likeness (QED) is 0.394. The third-order valence-corrected chi connectivity index (χ3v) is 6.05. The van der Waals surface area contributed by atoms with Crippen LogP contribution in [0.1, 0.15) is 44.6 Å². The smallest absolute Gasteiger partial charge is 0.240 e. The van der Waals surface area contributed by atoms with Crippen LogP contribution in [-0.4, -0.2) is 53.1 Å². The fourth-order valence-electron chi connectivity index (χ4n) is 4.74. The van der Waals surface area contributed by atoms with E-state index in [0.717, 1.165) is 38.4 Å². The van der Waals surface area contributed by atoms with Crippen molar-refractivity contribution in [2.75, 3.05) is 6.61 Å². The number of benzene rings is 1. The summed E-state index contributed by atoms with van der Waals surface area (Å²) in [5, 5.41) is 12.1. The molecule has 1 aromatic rings. The fourth-order valence-corrected chi connectivity index (χ4v) is 4.74. The third-order valence-electron chi connectivity index (χ3n) is 6.05. The monoisotopic (exact) mass is 374 g/mol. The molecule has 2 N–H and O–H groups in total. The first-order valence-electron chi connectivity index (χ1n) is 9.97. The summed E-state index contributed by atoms with van der Waals surface area (Å²) >= 11 is 0. The molecule has 2 aliphatic rings. The van der Waals surface area contributed by atoms with Gasteiger partial charge >= 0.3 is 0 Å². The van der Waals surface area contributed by atoms with Gasteiger partial charge in [-0.1, -0.05) is 36.8 Å². The highest BCUT2D eigenvalue weighted by molar-refractivity contribution is 5.83. The predicted octanol–water partition coefficient (Wildman–Crippen LogP) is 2.42. The molecule has 1 aromatic carbocycles. The number of carbonyl (C=O) groups is 2. The Kier molecular flexibility index (Phi) is 6.99. The van der Waals surface area contributed by atoms with Crippen LogP contribution in [0.25, 0.3) is 0 Å². The first-order valence-corrected chi connectivity index (χ1v) is 9.97. The summed E-state index contributed by atoms with van der Waals surface area (Å²) in [4.78, 5) is 30.9. The number of likely N-dealkylation sites (tertiary alicyclic amines) is 1. The number of hydrogen-bond donors (Lipinski definition) is 2. The lowest BCUT2D eigenvalue weighted by molar-refractivity contribution is -0.250. The number of rotatable bonds is 9. The maximum Gasteiger partial charge on any atom is 0.240 e. The Morgan fingerprint density at radius 1 is 1.37 bits per heavy atom. The summed E-state index contributed by atoms with van der Waals surface area (Å²) in [6, 6.07) is 9.37. The first kappa shape index (κ1) is 20.0. The van der Waals surface area contributed by atoms with Crippen molar-refractivity contribution in [3.05, 3.63) is 35.9 Å². The average molecular weight is 374 g/mol. The lowest BCUT2D eigenvalue weighted by Crippen LogP contribution is -2.53. The Morgan fingerprint density at radius 3 is 2.85 bits per heavy atom. The minimum atomic E-state index is -0.448. The summed E-state index contributed by atoms with van der Waals surface area (Å²) in [5.41, 5.74) is 1.18. The molecule has 148 valence electrons. The molecule has 5 atom stereocenters. The van der Waals surface area contributed by atoms with Crippen LogP contribution in [0.15, 0.2) is 30.3 Å². The largest absolute Gasteiger partial charge is 0.333 e. The molecule has 3 rings (SSSR count). The van der Waals surface area contributed by atoms with E-state index >= 15 is 0 Å². The zero-order chi connectivity index (χ0) is 19.2. The molecule has 1 aliphatic heterocycles. The summed E-state index contributed by atoms with van der Waals surface area (Å²) in [5.74, 6) is 0.499. The second kappa shape index (κ2) is 9.44. The van der Waals surface area contributed by atoms with Crippen LogP contribution in [0.2, 0.25) is 0 Å². The molecule has 6 heteroatoms. The first-order chi connectivity index (χ1) is 13.1. The summed E-state index contributed by atoms with van der Waals surface area (Å²) in [7, 11) is 0. The van der Waals surface area contributed by atoms with Gasteiger partial charge in [-0.2, -0.15) is 0 Å². The van der Waals surface area contributed by atoms with Gasteiger partial charge in [-0.15, -0.1) is 0 Å². The van der Waals surface area contributed by atoms with E-state index < -0.39 is 6.04 Å². The molecule has 0 radical (unpaired) electrons.